The number of aromatic nitrogens is 2. The van der Waals surface area contributed by atoms with Gasteiger partial charge in [-0.25, -0.2) is 9.37 Å². The monoisotopic (exact) mass is 522 g/mol. The largest absolute Gasteiger partial charge is 0.374 e. The average Bonchev–Trinajstić information content (AvgIpc) is 3.34. The Labute approximate surface area is 227 Å². The number of aliphatic hydroxyl groups excluding tert-OH is 1. The summed E-state index contributed by atoms with van der Waals surface area (Å²) >= 11 is 0. The van der Waals surface area contributed by atoms with E-state index < -0.39 is 6.23 Å². The van der Waals surface area contributed by atoms with E-state index in [2.05, 4.69) is 29.5 Å². The third-order valence-corrected chi connectivity index (χ3v) is 6.66. The van der Waals surface area contributed by atoms with Crippen LogP contribution in [0.1, 0.15) is 36.1 Å². The van der Waals surface area contributed by atoms with Crippen LogP contribution >= 0.6 is 0 Å². The number of pyridine rings is 1. The van der Waals surface area contributed by atoms with E-state index in [4.69, 9.17) is 0 Å². The van der Waals surface area contributed by atoms with Gasteiger partial charge in [0.2, 0.25) is 0 Å². The Hall–Kier alpha value is -4.33. The normalized spacial score (nSPS) is 12.2. The topological polar surface area (TPSA) is 78.7 Å². The Bertz CT molecular complexity index is 1610. The molecule has 198 valence electrons. The molecule has 0 bridgehead atoms. The van der Waals surface area contributed by atoms with Gasteiger partial charge in [-0.3, -0.25) is 14.5 Å². The minimum Gasteiger partial charge on any atom is -0.374 e. The number of hydrogen-bond donors (Lipinski definition) is 3. The number of nitrogens with one attached hydrogen (secondary N) is 2. The number of carbonyl (C=O) groups is 1. The van der Waals surface area contributed by atoms with Crippen LogP contribution in [-0.2, 0) is 0 Å². The lowest BCUT2D eigenvalue weighted by atomic mass is 9.94. The summed E-state index contributed by atoms with van der Waals surface area (Å²) in [4.78, 5) is 17.7. The summed E-state index contributed by atoms with van der Waals surface area (Å²) in [6, 6.07) is 25.7. The lowest BCUT2D eigenvalue weighted by Crippen LogP contribution is -2.25. The molecule has 5 rings (SSSR count). The zero-order chi connectivity index (χ0) is 27.5. The molecule has 0 aliphatic carbocycles. The molecule has 0 fully saturated rings. The van der Waals surface area contributed by atoms with E-state index in [1.807, 2.05) is 66.9 Å². The number of carbonyl (C=O) groups excluding carboxylic acids is 1. The summed E-state index contributed by atoms with van der Waals surface area (Å²) in [7, 11) is 1.57. The predicted molar refractivity (Wildman–Crippen MR) is 153 cm³/mol. The third-order valence-electron chi connectivity index (χ3n) is 6.66. The van der Waals surface area contributed by atoms with Crippen molar-refractivity contribution in [1.82, 2.24) is 20.0 Å². The number of benzene rings is 3. The number of nitrogens with zero attached hydrogens (tertiary/aromatic N) is 2. The van der Waals surface area contributed by atoms with Gasteiger partial charge in [0, 0.05) is 30.9 Å². The molecule has 0 spiro atoms. The van der Waals surface area contributed by atoms with Gasteiger partial charge in [-0.2, -0.15) is 0 Å². The van der Waals surface area contributed by atoms with Crippen molar-refractivity contribution in [2.75, 3.05) is 13.6 Å². The molecule has 0 saturated heterocycles. The summed E-state index contributed by atoms with van der Waals surface area (Å²) in [6.07, 6.45) is 1.01. The van der Waals surface area contributed by atoms with Crippen molar-refractivity contribution in [3.05, 3.63) is 108 Å². The van der Waals surface area contributed by atoms with Gasteiger partial charge in [0.05, 0.1) is 0 Å². The first-order valence-electron chi connectivity index (χ1n) is 13.0. The number of fused-ring (bicyclic) bond motifs is 1. The summed E-state index contributed by atoms with van der Waals surface area (Å²) in [5.41, 5.74) is 6.54. The van der Waals surface area contributed by atoms with Crippen LogP contribution in [0.25, 0.3) is 39.2 Å². The fourth-order valence-corrected chi connectivity index (χ4v) is 4.67. The Morgan fingerprint density at radius 1 is 0.923 bits per heavy atom. The van der Waals surface area contributed by atoms with Crippen LogP contribution in [0.4, 0.5) is 4.39 Å². The van der Waals surface area contributed by atoms with E-state index in [9.17, 15) is 14.3 Å². The van der Waals surface area contributed by atoms with Gasteiger partial charge in [-0.1, -0.05) is 56.3 Å². The van der Waals surface area contributed by atoms with Crippen molar-refractivity contribution in [3.8, 4) is 33.5 Å². The van der Waals surface area contributed by atoms with E-state index in [1.165, 1.54) is 12.1 Å². The average molecular weight is 523 g/mol. The molecule has 7 heteroatoms. The molecule has 0 saturated carbocycles. The molecule has 0 aliphatic heterocycles. The van der Waals surface area contributed by atoms with Crippen molar-refractivity contribution in [2.24, 2.45) is 5.92 Å². The van der Waals surface area contributed by atoms with E-state index in [0.717, 1.165) is 27.8 Å². The molecule has 2 aromatic heterocycles. The molecule has 1 unspecified atom stereocenters. The fourth-order valence-electron chi connectivity index (χ4n) is 4.67. The maximum absolute atomic E-state index is 13.6. The fraction of sp³-hybridized carbons (Fsp3) is 0.188. The number of aliphatic hydroxyl groups is 1. The highest BCUT2D eigenvalue weighted by Gasteiger charge is 2.21. The summed E-state index contributed by atoms with van der Waals surface area (Å²) < 4.78 is 15.3. The third kappa shape index (κ3) is 5.46. The summed E-state index contributed by atoms with van der Waals surface area (Å²) in [6.45, 7) is 4.86. The molecule has 3 N–H and O–H groups in total. The van der Waals surface area contributed by atoms with E-state index >= 15 is 0 Å². The van der Waals surface area contributed by atoms with Gasteiger partial charge in [-0.15, -0.1) is 0 Å². The molecule has 2 heterocycles. The minimum atomic E-state index is -0.856. The first-order chi connectivity index (χ1) is 18.9. The highest BCUT2D eigenvalue weighted by atomic mass is 19.1. The number of halogens is 1. The molecule has 6 nitrogen and oxygen atoms in total. The second-order valence-electron chi connectivity index (χ2n) is 9.91. The lowest BCUT2D eigenvalue weighted by Gasteiger charge is -2.20. The standard InChI is InChI=1S/C32H31FN4O2/c1-20(2)18-35-31(38)27-17-23(11-15-26(27)21-7-5-4-6-8-21)24-12-16-28-36-29(22-9-13-25(33)14-10-22)30(32(39)34-3)37(28)19-24/h4-17,19-20,31,35,38H,18H2,1-3H3,(H,34,39). The van der Waals surface area contributed by atoms with Crippen molar-refractivity contribution in [3.63, 3.8) is 0 Å². The molecule has 3 aromatic carbocycles. The maximum atomic E-state index is 13.6. The van der Waals surface area contributed by atoms with Gasteiger partial charge in [-0.05, 0) is 70.6 Å². The highest BCUT2D eigenvalue weighted by Crippen LogP contribution is 2.33. The zero-order valence-corrected chi connectivity index (χ0v) is 22.1. The van der Waals surface area contributed by atoms with Gasteiger partial charge in [0.25, 0.3) is 5.91 Å². The zero-order valence-electron chi connectivity index (χ0n) is 22.1. The van der Waals surface area contributed by atoms with Crippen LogP contribution in [0, 0.1) is 11.7 Å². The van der Waals surface area contributed by atoms with Crippen LogP contribution in [0.2, 0.25) is 0 Å². The van der Waals surface area contributed by atoms with E-state index in [1.54, 1.807) is 23.6 Å². The summed E-state index contributed by atoms with van der Waals surface area (Å²) in [5.74, 6) is -0.274. The molecule has 39 heavy (non-hydrogen) atoms. The Kier molecular flexibility index (Phi) is 7.54. The molecule has 1 amide bonds. The van der Waals surface area contributed by atoms with Gasteiger partial charge in [0.1, 0.15) is 29.1 Å². The summed E-state index contributed by atoms with van der Waals surface area (Å²) in [5, 5.41) is 17.1. The van der Waals surface area contributed by atoms with Crippen molar-refractivity contribution < 1.29 is 14.3 Å². The molecule has 0 radical (unpaired) electrons. The van der Waals surface area contributed by atoms with Crippen LogP contribution in [0.15, 0.2) is 91.1 Å². The van der Waals surface area contributed by atoms with Crippen molar-refractivity contribution in [1.29, 1.82) is 0 Å². The molecule has 1 atom stereocenters. The molecule has 5 aromatic rings. The van der Waals surface area contributed by atoms with E-state index in [-0.39, 0.29) is 11.7 Å². The number of rotatable bonds is 8. The SMILES string of the molecule is CNC(=O)c1c(-c2ccc(F)cc2)nc2ccc(-c3ccc(-c4ccccc4)c(C(O)NCC(C)C)c3)cn12. The smallest absolute Gasteiger partial charge is 0.270 e. The first kappa shape index (κ1) is 26.3. The molecule has 0 aliphatic rings. The Balaban J connectivity index is 1.63. The van der Waals surface area contributed by atoms with Crippen LogP contribution in [0.3, 0.4) is 0 Å². The highest BCUT2D eigenvalue weighted by molar-refractivity contribution is 5.99. The van der Waals surface area contributed by atoms with Gasteiger partial charge in [0.15, 0.2) is 0 Å². The van der Waals surface area contributed by atoms with Crippen molar-refractivity contribution in [2.45, 2.75) is 20.1 Å². The van der Waals surface area contributed by atoms with Crippen LogP contribution < -0.4 is 10.6 Å². The number of imidazole rings is 1. The number of hydrogen-bond acceptors (Lipinski definition) is 4. The Morgan fingerprint density at radius 2 is 1.62 bits per heavy atom. The predicted octanol–water partition coefficient (Wildman–Crippen LogP) is 6.07. The van der Waals surface area contributed by atoms with Gasteiger partial charge >= 0.3 is 0 Å². The second-order valence-corrected chi connectivity index (χ2v) is 9.91. The van der Waals surface area contributed by atoms with Crippen LogP contribution in [0.5, 0.6) is 0 Å². The Morgan fingerprint density at radius 3 is 2.31 bits per heavy atom. The maximum Gasteiger partial charge on any atom is 0.270 e. The second kappa shape index (κ2) is 11.2. The van der Waals surface area contributed by atoms with Gasteiger partial charge < -0.3 is 10.4 Å². The van der Waals surface area contributed by atoms with Crippen LogP contribution in [-0.4, -0.2) is 34.0 Å². The number of amides is 1. The van der Waals surface area contributed by atoms with Crippen molar-refractivity contribution >= 4 is 11.6 Å². The molecular formula is C32H31FN4O2. The lowest BCUT2D eigenvalue weighted by molar-refractivity contribution is 0.0958. The quantitative estimate of drug-likeness (QED) is 0.216. The minimum absolute atomic E-state index is 0.299. The first-order valence-corrected chi connectivity index (χ1v) is 13.0. The molecular weight excluding hydrogens is 491 g/mol. The van der Waals surface area contributed by atoms with E-state index in [0.29, 0.717) is 35.1 Å².